The third-order valence-corrected chi connectivity index (χ3v) is 6.02. The molecule has 0 fully saturated rings. The number of ether oxygens (including phenoxy) is 1. The van der Waals surface area contributed by atoms with Crippen molar-refractivity contribution < 1.29 is 18.7 Å². The van der Waals surface area contributed by atoms with Gasteiger partial charge >= 0.3 is 0 Å². The molecule has 0 bridgehead atoms. The van der Waals surface area contributed by atoms with Crippen molar-refractivity contribution in [2.75, 3.05) is 26.0 Å². The molecule has 29 heavy (non-hydrogen) atoms. The number of rotatable bonds is 6. The lowest BCUT2D eigenvalue weighted by atomic mass is 10.1. The number of carbonyl (C=O) groups excluding carboxylic acids is 2. The first-order chi connectivity index (χ1) is 13.8. The van der Waals surface area contributed by atoms with Crippen LogP contribution in [0.3, 0.4) is 0 Å². The summed E-state index contributed by atoms with van der Waals surface area (Å²) < 4.78 is 20.1. The number of benzene rings is 2. The van der Waals surface area contributed by atoms with Crippen molar-refractivity contribution in [2.24, 2.45) is 0 Å². The maximum atomic E-state index is 14.3. The molecule has 0 saturated heterocycles. The molecule has 2 amide bonds. The fourth-order valence-electron chi connectivity index (χ4n) is 2.88. The highest BCUT2D eigenvalue weighted by Crippen LogP contribution is 2.34. The van der Waals surface area contributed by atoms with Gasteiger partial charge in [0, 0.05) is 29.8 Å². The number of thiophene rings is 1. The standard InChI is InChI=1S/C20H17Cl2FN2O3S/c1-25(9-16(26)24-18-12(21)5-3-6-13(18)22)20(27)19-11(10-28-2)17-14(23)7-4-8-15(17)29-19/h3-8H,9-10H2,1-2H3,(H,24,26). The van der Waals surface area contributed by atoms with E-state index in [1.807, 2.05) is 0 Å². The minimum absolute atomic E-state index is 0.0806. The first-order valence-electron chi connectivity index (χ1n) is 8.51. The van der Waals surface area contributed by atoms with Crippen LogP contribution in [-0.2, 0) is 16.1 Å². The molecule has 5 nitrogen and oxygen atoms in total. The van der Waals surface area contributed by atoms with Gasteiger partial charge in [-0.2, -0.15) is 0 Å². The Labute approximate surface area is 181 Å². The lowest BCUT2D eigenvalue weighted by Crippen LogP contribution is -2.35. The predicted molar refractivity (Wildman–Crippen MR) is 115 cm³/mol. The van der Waals surface area contributed by atoms with Crippen LogP contribution < -0.4 is 5.32 Å². The molecular formula is C20H17Cl2FN2O3S. The van der Waals surface area contributed by atoms with Crippen molar-refractivity contribution in [3.8, 4) is 0 Å². The van der Waals surface area contributed by atoms with Gasteiger partial charge in [0.15, 0.2) is 0 Å². The molecule has 152 valence electrons. The van der Waals surface area contributed by atoms with Crippen molar-refractivity contribution in [1.82, 2.24) is 4.90 Å². The Hall–Kier alpha value is -2.19. The van der Waals surface area contributed by atoms with Gasteiger partial charge in [-0.1, -0.05) is 35.3 Å². The Morgan fingerprint density at radius 3 is 2.48 bits per heavy atom. The Balaban J connectivity index is 1.82. The third-order valence-electron chi connectivity index (χ3n) is 4.20. The normalized spacial score (nSPS) is 10.9. The topological polar surface area (TPSA) is 58.6 Å². The summed E-state index contributed by atoms with van der Waals surface area (Å²) in [6, 6.07) is 9.52. The Morgan fingerprint density at radius 2 is 1.83 bits per heavy atom. The van der Waals surface area contributed by atoms with E-state index in [0.29, 0.717) is 30.6 Å². The van der Waals surface area contributed by atoms with Gasteiger partial charge in [-0.25, -0.2) is 4.39 Å². The number of hydrogen-bond donors (Lipinski definition) is 1. The van der Waals surface area contributed by atoms with E-state index in [-0.39, 0.29) is 18.8 Å². The van der Waals surface area contributed by atoms with E-state index >= 15 is 0 Å². The second-order valence-corrected chi connectivity index (χ2v) is 8.13. The van der Waals surface area contributed by atoms with Crippen LogP contribution in [0.5, 0.6) is 0 Å². The summed E-state index contributed by atoms with van der Waals surface area (Å²) in [4.78, 5) is 26.9. The summed E-state index contributed by atoms with van der Waals surface area (Å²) in [5.41, 5.74) is 0.752. The van der Waals surface area contributed by atoms with E-state index < -0.39 is 17.6 Å². The molecule has 2 aromatic carbocycles. The second-order valence-electron chi connectivity index (χ2n) is 6.26. The van der Waals surface area contributed by atoms with E-state index in [1.54, 1.807) is 30.3 Å². The van der Waals surface area contributed by atoms with Crippen molar-refractivity contribution >= 4 is 62.1 Å². The lowest BCUT2D eigenvalue weighted by Gasteiger charge is -2.17. The van der Waals surface area contributed by atoms with Gasteiger partial charge in [0.1, 0.15) is 5.82 Å². The summed E-state index contributed by atoms with van der Waals surface area (Å²) in [7, 11) is 2.97. The summed E-state index contributed by atoms with van der Waals surface area (Å²) >= 11 is 13.3. The van der Waals surface area contributed by atoms with E-state index in [1.165, 1.54) is 36.5 Å². The Kier molecular flexibility index (Phi) is 6.74. The van der Waals surface area contributed by atoms with Crippen molar-refractivity contribution in [1.29, 1.82) is 0 Å². The zero-order valence-electron chi connectivity index (χ0n) is 15.6. The molecule has 3 rings (SSSR count). The van der Waals surface area contributed by atoms with E-state index in [0.717, 1.165) is 0 Å². The van der Waals surface area contributed by atoms with E-state index in [2.05, 4.69) is 5.32 Å². The number of carbonyl (C=O) groups is 2. The molecule has 9 heteroatoms. The molecule has 0 radical (unpaired) electrons. The summed E-state index contributed by atoms with van der Waals surface area (Å²) in [6.45, 7) is -0.152. The molecule has 1 N–H and O–H groups in total. The predicted octanol–water partition coefficient (Wildman–Crippen LogP) is 5.20. The number of nitrogens with zero attached hydrogens (tertiary/aromatic N) is 1. The number of methoxy groups -OCH3 is 1. The first kappa shape index (κ1) is 21.5. The van der Waals surface area contributed by atoms with E-state index in [4.69, 9.17) is 27.9 Å². The second kappa shape index (κ2) is 9.09. The largest absolute Gasteiger partial charge is 0.380 e. The Bertz CT molecular complexity index is 1070. The molecule has 0 atom stereocenters. The molecule has 0 aliphatic rings. The molecule has 0 aliphatic carbocycles. The average molecular weight is 455 g/mol. The Morgan fingerprint density at radius 1 is 1.17 bits per heavy atom. The average Bonchev–Trinajstić information content (AvgIpc) is 3.04. The van der Waals surface area contributed by atoms with Gasteiger partial charge < -0.3 is 15.0 Å². The van der Waals surface area contributed by atoms with Gasteiger partial charge in [0.2, 0.25) is 5.91 Å². The van der Waals surface area contributed by atoms with Crippen molar-refractivity contribution in [3.63, 3.8) is 0 Å². The molecule has 1 aromatic heterocycles. The highest BCUT2D eigenvalue weighted by atomic mass is 35.5. The highest BCUT2D eigenvalue weighted by molar-refractivity contribution is 7.21. The zero-order chi connectivity index (χ0) is 21.1. The van der Waals surface area contributed by atoms with Crippen LogP contribution in [0.25, 0.3) is 10.1 Å². The van der Waals surface area contributed by atoms with Crippen LogP contribution in [0.4, 0.5) is 10.1 Å². The van der Waals surface area contributed by atoms with Crippen molar-refractivity contribution in [2.45, 2.75) is 6.61 Å². The highest BCUT2D eigenvalue weighted by Gasteiger charge is 2.24. The zero-order valence-corrected chi connectivity index (χ0v) is 17.9. The number of fused-ring (bicyclic) bond motifs is 1. The molecule has 0 unspecified atom stereocenters. The summed E-state index contributed by atoms with van der Waals surface area (Å²) in [6.07, 6.45) is 0. The monoisotopic (exact) mass is 454 g/mol. The molecule has 0 spiro atoms. The van der Waals surface area contributed by atoms with Crippen LogP contribution in [-0.4, -0.2) is 37.4 Å². The van der Waals surface area contributed by atoms with Gasteiger partial charge in [0.25, 0.3) is 5.91 Å². The molecular weight excluding hydrogens is 438 g/mol. The van der Waals surface area contributed by atoms with Gasteiger partial charge in [-0.05, 0) is 24.3 Å². The number of nitrogens with one attached hydrogen (secondary N) is 1. The minimum Gasteiger partial charge on any atom is -0.380 e. The first-order valence-corrected chi connectivity index (χ1v) is 10.1. The number of para-hydroxylation sites is 1. The summed E-state index contributed by atoms with van der Waals surface area (Å²) in [5, 5.41) is 3.56. The molecule has 1 heterocycles. The molecule has 3 aromatic rings. The van der Waals surface area contributed by atoms with Gasteiger partial charge in [0.05, 0.1) is 33.8 Å². The number of halogens is 3. The summed E-state index contributed by atoms with van der Waals surface area (Å²) in [5.74, 6) is -1.28. The number of hydrogen-bond acceptors (Lipinski definition) is 4. The van der Waals surface area contributed by atoms with Gasteiger partial charge in [-0.3, -0.25) is 9.59 Å². The molecule has 0 saturated carbocycles. The fraction of sp³-hybridized carbons (Fsp3) is 0.200. The number of anilines is 1. The molecule has 0 aliphatic heterocycles. The van der Waals surface area contributed by atoms with Crippen molar-refractivity contribution in [3.05, 3.63) is 62.7 Å². The SMILES string of the molecule is COCc1c(C(=O)N(C)CC(=O)Nc2c(Cl)cccc2Cl)sc2cccc(F)c12. The lowest BCUT2D eigenvalue weighted by molar-refractivity contribution is -0.116. The maximum absolute atomic E-state index is 14.3. The number of likely N-dealkylation sites (N-methyl/N-ethyl adjacent to an activating group) is 1. The maximum Gasteiger partial charge on any atom is 0.264 e. The third kappa shape index (κ3) is 4.53. The van der Waals surface area contributed by atoms with Crippen LogP contribution in [0.15, 0.2) is 36.4 Å². The van der Waals surface area contributed by atoms with Crippen LogP contribution in [0.1, 0.15) is 15.2 Å². The smallest absolute Gasteiger partial charge is 0.264 e. The van der Waals surface area contributed by atoms with E-state index in [9.17, 15) is 14.0 Å². The number of amides is 2. The van der Waals surface area contributed by atoms with Gasteiger partial charge in [-0.15, -0.1) is 11.3 Å². The fourth-order valence-corrected chi connectivity index (χ4v) is 4.59. The van der Waals surface area contributed by atoms with Crippen LogP contribution in [0, 0.1) is 5.82 Å². The minimum atomic E-state index is -0.462. The van der Waals surface area contributed by atoms with Crippen LogP contribution in [0.2, 0.25) is 10.0 Å². The quantitative estimate of drug-likeness (QED) is 0.556. The van der Waals surface area contributed by atoms with Crippen LogP contribution >= 0.6 is 34.5 Å².